The molecule has 0 atom stereocenters. The predicted molar refractivity (Wildman–Crippen MR) is 84.6 cm³/mol. The minimum absolute atomic E-state index is 0.0394. The Hall–Kier alpha value is -2.21. The molecule has 0 unspecified atom stereocenters. The van der Waals surface area contributed by atoms with Gasteiger partial charge in [-0.2, -0.15) is 0 Å². The van der Waals surface area contributed by atoms with Crippen molar-refractivity contribution in [3.05, 3.63) is 52.6 Å². The number of benzene rings is 1. The van der Waals surface area contributed by atoms with Gasteiger partial charge in [0.25, 0.3) is 5.69 Å². The molecule has 1 N–H and O–H groups in total. The van der Waals surface area contributed by atoms with Crippen LogP contribution in [0.3, 0.4) is 0 Å². The Morgan fingerprint density at radius 3 is 2.55 bits per heavy atom. The summed E-state index contributed by atoms with van der Waals surface area (Å²) in [4.78, 5) is 24.6. The van der Waals surface area contributed by atoms with E-state index in [1.165, 1.54) is 12.1 Å². The van der Waals surface area contributed by atoms with Crippen molar-refractivity contribution in [2.45, 2.75) is 25.3 Å². The van der Waals surface area contributed by atoms with Gasteiger partial charge in [-0.15, -0.1) is 6.58 Å². The van der Waals surface area contributed by atoms with Crippen LogP contribution in [0.2, 0.25) is 0 Å². The van der Waals surface area contributed by atoms with Gasteiger partial charge in [-0.3, -0.25) is 14.9 Å². The molecule has 0 spiro atoms. The third kappa shape index (κ3) is 4.14. The molecule has 2 rings (SSSR count). The van der Waals surface area contributed by atoms with Crippen molar-refractivity contribution in [1.82, 2.24) is 10.2 Å². The van der Waals surface area contributed by atoms with Crippen LogP contribution in [0, 0.1) is 10.1 Å². The van der Waals surface area contributed by atoms with Crippen molar-refractivity contribution < 1.29 is 9.72 Å². The Morgan fingerprint density at radius 2 is 2.00 bits per heavy atom. The average Bonchev–Trinajstić information content (AvgIpc) is 2.53. The third-order valence-corrected chi connectivity index (χ3v) is 3.90. The van der Waals surface area contributed by atoms with Gasteiger partial charge in [-0.05, 0) is 31.5 Å². The lowest BCUT2D eigenvalue weighted by Crippen LogP contribution is -2.46. The summed E-state index contributed by atoms with van der Waals surface area (Å²) < 4.78 is 0. The number of hydrogen-bond acceptors (Lipinski definition) is 4. The number of nitrogens with zero attached hydrogens (tertiary/aromatic N) is 2. The number of nitrogens with one attached hydrogen (secondary N) is 1. The number of carbonyl (C=O) groups is 1. The topological polar surface area (TPSA) is 75.5 Å². The van der Waals surface area contributed by atoms with E-state index in [1.807, 2.05) is 4.90 Å². The fourth-order valence-corrected chi connectivity index (χ4v) is 2.72. The molecule has 22 heavy (non-hydrogen) atoms. The maximum atomic E-state index is 12.5. The smallest absolute Gasteiger partial charge is 0.269 e. The second-order valence-corrected chi connectivity index (χ2v) is 5.42. The maximum Gasteiger partial charge on any atom is 0.269 e. The molecule has 0 saturated carbocycles. The summed E-state index contributed by atoms with van der Waals surface area (Å²) in [6.45, 7) is 6.11. The van der Waals surface area contributed by atoms with Gasteiger partial charge in [0.15, 0.2) is 0 Å². The minimum atomic E-state index is -0.440. The normalized spacial score (nSPS) is 15.3. The molecule has 1 heterocycles. The zero-order valence-electron chi connectivity index (χ0n) is 12.5. The SMILES string of the molecule is C=CCN(C(=O)Cc1ccc([N+](=O)[O-])cc1)C1CCNCC1. The quantitative estimate of drug-likeness (QED) is 0.495. The van der Waals surface area contributed by atoms with Gasteiger partial charge in [-0.1, -0.05) is 18.2 Å². The zero-order valence-corrected chi connectivity index (χ0v) is 12.5. The number of non-ortho nitro benzene ring substituents is 1. The van der Waals surface area contributed by atoms with Crippen LogP contribution in [0.4, 0.5) is 5.69 Å². The van der Waals surface area contributed by atoms with Crippen LogP contribution >= 0.6 is 0 Å². The Kier molecular flexibility index (Phi) is 5.66. The zero-order chi connectivity index (χ0) is 15.9. The van der Waals surface area contributed by atoms with E-state index in [-0.39, 0.29) is 24.1 Å². The Balaban J connectivity index is 2.03. The first kappa shape index (κ1) is 16.2. The van der Waals surface area contributed by atoms with E-state index in [0.717, 1.165) is 31.5 Å². The van der Waals surface area contributed by atoms with Crippen LogP contribution < -0.4 is 5.32 Å². The molecular formula is C16H21N3O3. The summed E-state index contributed by atoms with van der Waals surface area (Å²) in [6.07, 6.45) is 3.89. The lowest BCUT2D eigenvalue weighted by Gasteiger charge is -2.34. The molecule has 1 fully saturated rings. The fraction of sp³-hybridized carbons (Fsp3) is 0.438. The second kappa shape index (κ2) is 7.70. The lowest BCUT2D eigenvalue weighted by molar-refractivity contribution is -0.384. The molecule has 1 amide bonds. The number of nitro groups is 1. The minimum Gasteiger partial charge on any atom is -0.336 e. The van der Waals surface area contributed by atoms with E-state index in [9.17, 15) is 14.9 Å². The van der Waals surface area contributed by atoms with Crippen LogP contribution in [0.25, 0.3) is 0 Å². The number of carbonyl (C=O) groups excluding carboxylic acids is 1. The number of rotatable bonds is 6. The summed E-state index contributed by atoms with van der Waals surface area (Å²) in [6, 6.07) is 6.40. The monoisotopic (exact) mass is 303 g/mol. The highest BCUT2D eigenvalue weighted by molar-refractivity contribution is 5.79. The first-order valence-electron chi connectivity index (χ1n) is 7.46. The lowest BCUT2D eigenvalue weighted by atomic mass is 10.0. The van der Waals surface area contributed by atoms with E-state index in [0.29, 0.717) is 6.54 Å². The average molecular weight is 303 g/mol. The Bertz CT molecular complexity index is 536. The summed E-state index contributed by atoms with van der Waals surface area (Å²) in [5, 5.41) is 13.9. The van der Waals surface area contributed by atoms with Crippen molar-refractivity contribution in [3.63, 3.8) is 0 Å². The molecule has 1 aliphatic heterocycles. The van der Waals surface area contributed by atoms with Crippen molar-refractivity contribution >= 4 is 11.6 Å². The van der Waals surface area contributed by atoms with E-state index < -0.39 is 4.92 Å². The van der Waals surface area contributed by atoms with Crippen molar-refractivity contribution in [2.24, 2.45) is 0 Å². The van der Waals surface area contributed by atoms with E-state index in [2.05, 4.69) is 11.9 Å². The first-order chi connectivity index (χ1) is 10.6. The van der Waals surface area contributed by atoms with Gasteiger partial charge < -0.3 is 10.2 Å². The highest BCUT2D eigenvalue weighted by Crippen LogP contribution is 2.16. The number of nitro benzene ring substituents is 1. The molecule has 1 saturated heterocycles. The molecule has 6 heteroatoms. The Labute approximate surface area is 130 Å². The fourth-order valence-electron chi connectivity index (χ4n) is 2.72. The molecular weight excluding hydrogens is 282 g/mol. The van der Waals surface area contributed by atoms with Crippen molar-refractivity contribution in [3.8, 4) is 0 Å². The summed E-state index contributed by atoms with van der Waals surface area (Å²) >= 11 is 0. The molecule has 1 aliphatic rings. The third-order valence-electron chi connectivity index (χ3n) is 3.90. The summed E-state index contributed by atoms with van der Waals surface area (Å²) in [5.41, 5.74) is 0.830. The molecule has 0 bridgehead atoms. The Morgan fingerprint density at radius 1 is 1.36 bits per heavy atom. The van der Waals surface area contributed by atoms with Crippen molar-refractivity contribution in [2.75, 3.05) is 19.6 Å². The first-order valence-corrected chi connectivity index (χ1v) is 7.46. The van der Waals surface area contributed by atoms with Crippen LogP contribution in [0.5, 0.6) is 0 Å². The predicted octanol–water partition coefficient (Wildman–Crippen LogP) is 1.90. The number of amides is 1. The van der Waals surface area contributed by atoms with Crippen LogP contribution in [-0.4, -0.2) is 41.4 Å². The largest absolute Gasteiger partial charge is 0.336 e. The number of piperidine rings is 1. The highest BCUT2D eigenvalue weighted by Gasteiger charge is 2.24. The van der Waals surface area contributed by atoms with Gasteiger partial charge in [-0.25, -0.2) is 0 Å². The molecule has 0 radical (unpaired) electrons. The summed E-state index contributed by atoms with van der Waals surface area (Å²) in [7, 11) is 0. The molecule has 1 aromatic rings. The van der Waals surface area contributed by atoms with Gasteiger partial charge in [0.2, 0.25) is 5.91 Å². The van der Waals surface area contributed by atoms with Crippen LogP contribution in [0.15, 0.2) is 36.9 Å². The maximum absolute atomic E-state index is 12.5. The molecule has 118 valence electrons. The molecule has 1 aromatic carbocycles. The van der Waals surface area contributed by atoms with Gasteiger partial charge in [0, 0.05) is 24.7 Å². The van der Waals surface area contributed by atoms with E-state index in [4.69, 9.17) is 0 Å². The second-order valence-electron chi connectivity index (χ2n) is 5.42. The van der Waals surface area contributed by atoms with Crippen LogP contribution in [0.1, 0.15) is 18.4 Å². The van der Waals surface area contributed by atoms with Gasteiger partial charge in [0.1, 0.15) is 0 Å². The molecule has 0 aliphatic carbocycles. The standard InChI is InChI=1S/C16H21N3O3/c1-2-11-18(14-7-9-17-10-8-14)16(20)12-13-3-5-15(6-4-13)19(21)22/h2-6,14,17H,1,7-12H2. The molecule has 0 aromatic heterocycles. The van der Waals surface area contributed by atoms with Crippen molar-refractivity contribution in [1.29, 1.82) is 0 Å². The highest BCUT2D eigenvalue weighted by atomic mass is 16.6. The van der Waals surface area contributed by atoms with E-state index in [1.54, 1.807) is 18.2 Å². The summed E-state index contributed by atoms with van der Waals surface area (Å²) in [5.74, 6) is 0.0423. The van der Waals surface area contributed by atoms with Crippen LogP contribution in [-0.2, 0) is 11.2 Å². The molecule has 6 nitrogen and oxygen atoms in total. The van der Waals surface area contributed by atoms with Gasteiger partial charge in [0.05, 0.1) is 11.3 Å². The number of hydrogen-bond donors (Lipinski definition) is 1. The van der Waals surface area contributed by atoms with Gasteiger partial charge >= 0.3 is 0 Å². The van der Waals surface area contributed by atoms with E-state index >= 15 is 0 Å².